The number of hydrogen-bond donors (Lipinski definition) is 1. The SMILES string of the molecule is NC1(c2cccs2)CCCCc2ccccc21. The highest BCUT2D eigenvalue weighted by Crippen LogP contribution is 2.39. The van der Waals surface area contributed by atoms with Gasteiger partial charge in [-0.25, -0.2) is 0 Å². The van der Waals surface area contributed by atoms with Gasteiger partial charge in [0, 0.05) is 4.88 Å². The van der Waals surface area contributed by atoms with Gasteiger partial charge < -0.3 is 5.73 Å². The summed E-state index contributed by atoms with van der Waals surface area (Å²) in [5.41, 5.74) is 9.25. The van der Waals surface area contributed by atoms with Crippen LogP contribution >= 0.6 is 11.3 Å². The lowest BCUT2D eigenvalue weighted by atomic mass is 9.84. The molecule has 0 fully saturated rings. The van der Waals surface area contributed by atoms with Crippen molar-refractivity contribution in [1.82, 2.24) is 0 Å². The van der Waals surface area contributed by atoms with Gasteiger partial charge in [0.1, 0.15) is 0 Å². The van der Waals surface area contributed by atoms with Crippen LogP contribution in [0.1, 0.15) is 35.3 Å². The van der Waals surface area contributed by atoms with Gasteiger partial charge in [0.15, 0.2) is 0 Å². The first-order valence-corrected chi connectivity index (χ1v) is 7.10. The number of hydrogen-bond acceptors (Lipinski definition) is 2. The maximum Gasteiger partial charge on any atom is 0.0761 e. The average Bonchev–Trinajstić information content (AvgIpc) is 2.84. The monoisotopic (exact) mass is 243 g/mol. The lowest BCUT2D eigenvalue weighted by Gasteiger charge is -2.29. The molecule has 1 aromatic heterocycles. The Morgan fingerprint density at radius 1 is 1.06 bits per heavy atom. The molecule has 0 saturated heterocycles. The second-order valence-electron chi connectivity index (χ2n) is 4.81. The number of thiophene rings is 1. The number of rotatable bonds is 1. The lowest BCUT2D eigenvalue weighted by molar-refractivity contribution is 0.488. The second-order valence-corrected chi connectivity index (χ2v) is 5.76. The van der Waals surface area contributed by atoms with E-state index in [1.54, 1.807) is 11.3 Å². The maximum absolute atomic E-state index is 6.75. The van der Waals surface area contributed by atoms with Crippen molar-refractivity contribution in [2.45, 2.75) is 31.2 Å². The second kappa shape index (κ2) is 4.28. The van der Waals surface area contributed by atoms with Crippen molar-refractivity contribution < 1.29 is 0 Å². The minimum atomic E-state index is -0.263. The Kier molecular flexibility index (Phi) is 2.77. The molecule has 1 aromatic carbocycles. The molecule has 0 spiro atoms. The average molecular weight is 243 g/mol. The summed E-state index contributed by atoms with van der Waals surface area (Å²) < 4.78 is 0. The van der Waals surface area contributed by atoms with E-state index in [1.165, 1.54) is 35.3 Å². The molecule has 0 saturated carbocycles. The van der Waals surface area contributed by atoms with Crippen LogP contribution in [0.4, 0.5) is 0 Å². The predicted molar refractivity (Wildman–Crippen MR) is 73.3 cm³/mol. The van der Waals surface area contributed by atoms with Gasteiger partial charge in [-0.2, -0.15) is 0 Å². The van der Waals surface area contributed by atoms with E-state index < -0.39 is 0 Å². The third-order valence-electron chi connectivity index (χ3n) is 3.73. The molecule has 1 aliphatic carbocycles. The van der Waals surface area contributed by atoms with Crippen LogP contribution in [0.3, 0.4) is 0 Å². The fourth-order valence-electron chi connectivity index (χ4n) is 2.82. The highest BCUT2D eigenvalue weighted by molar-refractivity contribution is 7.10. The number of nitrogens with two attached hydrogens (primary N) is 1. The molecule has 1 aliphatic rings. The molecule has 2 N–H and O–H groups in total. The summed E-state index contributed by atoms with van der Waals surface area (Å²) in [5, 5.41) is 2.12. The van der Waals surface area contributed by atoms with Crippen molar-refractivity contribution >= 4 is 11.3 Å². The van der Waals surface area contributed by atoms with Crippen LogP contribution in [-0.4, -0.2) is 0 Å². The first-order valence-electron chi connectivity index (χ1n) is 6.22. The van der Waals surface area contributed by atoms with E-state index in [0.717, 1.165) is 6.42 Å². The predicted octanol–water partition coefficient (Wildman–Crippen LogP) is 3.68. The molecule has 2 heteroatoms. The van der Waals surface area contributed by atoms with Gasteiger partial charge in [0.05, 0.1) is 5.54 Å². The van der Waals surface area contributed by atoms with Gasteiger partial charge in [-0.15, -0.1) is 11.3 Å². The van der Waals surface area contributed by atoms with Gasteiger partial charge in [-0.3, -0.25) is 0 Å². The van der Waals surface area contributed by atoms with E-state index in [4.69, 9.17) is 5.73 Å². The van der Waals surface area contributed by atoms with Crippen molar-refractivity contribution in [3.63, 3.8) is 0 Å². The van der Waals surface area contributed by atoms with E-state index in [1.807, 2.05) is 0 Å². The minimum absolute atomic E-state index is 0.263. The molecule has 17 heavy (non-hydrogen) atoms. The molecule has 1 atom stereocenters. The topological polar surface area (TPSA) is 26.0 Å². The highest BCUT2D eigenvalue weighted by Gasteiger charge is 2.33. The highest BCUT2D eigenvalue weighted by atomic mass is 32.1. The largest absolute Gasteiger partial charge is 0.317 e. The van der Waals surface area contributed by atoms with Crippen LogP contribution in [0.25, 0.3) is 0 Å². The van der Waals surface area contributed by atoms with Crippen molar-refractivity contribution in [3.8, 4) is 0 Å². The Hall–Kier alpha value is -1.12. The molecule has 0 radical (unpaired) electrons. The summed E-state index contributed by atoms with van der Waals surface area (Å²) in [6.07, 6.45) is 4.69. The van der Waals surface area contributed by atoms with Gasteiger partial charge in [-0.1, -0.05) is 36.8 Å². The van der Waals surface area contributed by atoms with Crippen LogP contribution in [-0.2, 0) is 12.0 Å². The summed E-state index contributed by atoms with van der Waals surface area (Å²) in [6, 6.07) is 12.9. The summed E-state index contributed by atoms with van der Waals surface area (Å²) in [4.78, 5) is 1.30. The van der Waals surface area contributed by atoms with Crippen LogP contribution in [0.5, 0.6) is 0 Å². The maximum atomic E-state index is 6.75. The van der Waals surface area contributed by atoms with Crippen molar-refractivity contribution in [1.29, 1.82) is 0 Å². The third kappa shape index (κ3) is 1.81. The van der Waals surface area contributed by atoms with E-state index in [2.05, 4.69) is 41.8 Å². The minimum Gasteiger partial charge on any atom is -0.317 e. The van der Waals surface area contributed by atoms with Gasteiger partial charge >= 0.3 is 0 Å². The molecule has 1 nitrogen and oxygen atoms in total. The van der Waals surface area contributed by atoms with Gasteiger partial charge in [0.25, 0.3) is 0 Å². The van der Waals surface area contributed by atoms with Gasteiger partial charge in [-0.05, 0) is 41.8 Å². The Balaban J connectivity index is 2.17. The fourth-order valence-corrected chi connectivity index (χ4v) is 3.70. The standard InChI is InChI=1S/C15H17NS/c16-15(14-9-5-11-17-14)10-4-3-7-12-6-1-2-8-13(12)15/h1-2,5-6,8-9,11H,3-4,7,10,16H2. The summed E-state index contributed by atoms with van der Waals surface area (Å²) in [6.45, 7) is 0. The summed E-state index contributed by atoms with van der Waals surface area (Å²) >= 11 is 1.78. The lowest BCUT2D eigenvalue weighted by Crippen LogP contribution is -2.37. The molecular formula is C15H17NS. The molecule has 88 valence electrons. The molecule has 0 aliphatic heterocycles. The van der Waals surface area contributed by atoms with Crippen molar-refractivity contribution in [3.05, 3.63) is 57.8 Å². The first-order chi connectivity index (χ1) is 8.31. The zero-order valence-corrected chi connectivity index (χ0v) is 10.7. The Labute approximate surface area is 106 Å². The first kappa shape index (κ1) is 11.0. The molecule has 0 amide bonds. The number of aryl methyl sites for hydroxylation is 1. The van der Waals surface area contributed by atoms with Crippen LogP contribution in [0.15, 0.2) is 41.8 Å². The molecule has 1 heterocycles. The fraction of sp³-hybridized carbons (Fsp3) is 0.333. The quantitative estimate of drug-likeness (QED) is 0.760. The van der Waals surface area contributed by atoms with Crippen LogP contribution < -0.4 is 5.73 Å². The normalized spacial score (nSPS) is 24.1. The summed E-state index contributed by atoms with van der Waals surface area (Å²) in [5.74, 6) is 0. The molecule has 0 bridgehead atoms. The molecular weight excluding hydrogens is 226 g/mol. The number of benzene rings is 1. The molecule has 2 aromatic rings. The number of fused-ring (bicyclic) bond motifs is 1. The van der Waals surface area contributed by atoms with Gasteiger partial charge in [0.2, 0.25) is 0 Å². The molecule has 1 unspecified atom stereocenters. The van der Waals surface area contributed by atoms with Crippen molar-refractivity contribution in [2.75, 3.05) is 0 Å². The van der Waals surface area contributed by atoms with E-state index in [0.29, 0.717) is 0 Å². The zero-order valence-electron chi connectivity index (χ0n) is 9.86. The van der Waals surface area contributed by atoms with Crippen LogP contribution in [0, 0.1) is 0 Å². The molecule has 3 rings (SSSR count). The van der Waals surface area contributed by atoms with Crippen molar-refractivity contribution in [2.24, 2.45) is 5.73 Å². The van der Waals surface area contributed by atoms with E-state index in [9.17, 15) is 0 Å². The third-order valence-corrected chi connectivity index (χ3v) is 4.77. The zero-order chi connectivity index (χ0) is 11.7. The Bertz CT molecular complexity index is 503. The Morgan fingerprint density at radius 3 is 2.76 bits per heavy atom. The smallest absolute Gasteiger partial charge is 0.0761 e. The van der Waals surface area contributed by atoms with Crippen LogP contribution in [0.2, 0.25) is 0 Å². The van der Waals surface area contributed by atoms with E-state index >= 15 is 0 Å². The Morgan fingerprint density at radius 2 is 1.94 bits per heavy atom. The van der Waals surface area contributed by atoms with E-state index in [-0.39, 0.29) is 5.54 Å². The summed E-state index contributed by atoms with van der Waals surface area (Å²) in [7, 11) is 0.